The van der Waals surface area contributed by atoms with Crippen molar-refractivity contribution in [3.63, 3.8) is 0 Å². The van der Waals surface area contributed by atoms with Crippen molar-refractivity contribution in [2.45, 2.75) is 33.6 Å². The van der Waals surface area contributed by atoms with Crippen molar-refractivity contribution in [3.8, 4) is 11.8 Å². The molecule has 0 bridgehead atoms. The summed E-state index contributed by atoms with van der Waals surface area (Å²) in [7, 11) is 0. The van der Waals surface area contributed by atoms with Crippen molar-refractivity contribution in [2.24, 2.45) is 5.92 Å². The van der Waals surface area contributed by atoms with Crippen LogP contribution in [0, 0.1) is 17.8 Å². The van der Waals surface area contributed by atoms with Gasteiger partial charge in [0, 0.05) is 5.92 Å². The molecule has 0 heterocycles. The standard InChI is InChI=1S/C14H18/c1-4-6-12(3)11-14-9-7-13(5-2)8-10-14/h7-10,12H,5,11H2,1-3H3. The zero-order chi connectivity index (χ0) is 10.4. The van der Waals surface area contributed by atoms with Crippen LogP contribution in [0.2, 0.25) is 0 Å². The molecule has 0 aliphatic carbocycles. The maximum absolute atomic E-state index is 3.17. The van der Waals surface area contributed by atoms with Crippen LogP contribution >= 0.6 is 0 Å². The van der Waals surface area contributed by atoms with Crippen LogP contribution in [0.4, 0.5) is 0 Å². The highest BCUT2D eigenvalue weighted by atomic mass is 14.0. The van der Waals surface area contributed by atoms with Crippen LogP contribution in [-0.2, 0) is 12.8 Å². The third kappa shape index (κ3) is 3.26. The quantitative estimate of drug-likeness (QED) is 0.634. The molecule has 0 saturated carbocycles. The van der Waals surface area contributed by atoms with Gasteiger partial charge < -0.3 is 0 Å². The average molecular weight is 186 g/mol. The maximum Gasteiger partial charge on any atom is 0.0214 e. The second kappa shape index (κ2) is 5.50. The van der Waals surface area contributed by atoms with Gasteiger partial charge in [-0.2, -0.15) is 0 Å². The molecule has 0 fully saturated rings. The van der Waals surface area contributed by atoms with Crippen molar-refractivity contribution in [3.05, 3.63) is 35.4 Å². The molecule has 1 atom stereocenters. The van der Waals surface area contributed by atoms with E-state index in [0.717, 1.165) is 12.8 Å². The Morgan fingerprint density at radius 3 is 2.21 bits per heavy atom. The molecule has 0 aliphatic rings. The van der Waals surface area contributed by atoms with E-state index in [1.165, 1.54) is 11.1 Å². The van der Waals surface area contributed by atoms with Gasteiger partial charge in [-0.1, -0.05) is 38.1 Å². The van der Waals surface area contributed by atoms with E-state index in [-0.39, 0.29) is 0 Å². The number of hydrogen-bond donors (Lipinski definition) is 0. The Balaban J connectivity index is 2.62. The van der Waals surface area contributed by atoms with Gasteiger partial charge in [-0.05, 0) is 30.9 Å². The minimum absolute atomic E-state index is 0.465. The predicted octanol–water partition coefficient (Wildman–Crippen LogP) is 3.45. The Hall–Kier alpha value is -1.22. The largest absolute Gasteiger partial charge is 0.106 e. The van der Waals surface area contributed by atoms with Gasteiger partial charge in [-0.15, -0.1) is 11.8 Å². The monoisotopic (exact) mass is 186 g/mol. The smallest absolute Gasteiger partial charge is 0.0214 e. The van der Waals surface area contributed by atoms with E-state index in [9.17, 15) is 0 Å². The molecule has 1 unspecified atom stereocenters. The van der Waals surface area contributed by atoms with E-state index < -0.39 is 0 Å². The molecule has 1 aromatic carbocycles. The highest BCUT2D eigenvalue weighted by molar-refractivity contribution is 5.23. The van der Waals surface area contributed by atoms with Gasteiger partial charge in [0.2, 0.25) is 0 Å². The Kier molecular flexibility index (Phi) is 4.26. The predicted molar refractivity (Wildman–Crippen MR) is 62.1 cm³/mol. The number of aryl methyl sites for hydroxylation is 1. The summed E-state index contributed by atoms with van der Waals surface area (Å²) in [5.74, 6) is 6.60. The molecule has 1 rings (SSSR count). The first-order chi connectivity index (χ1) is 6.76. The third-order valence-corrected chi connectivity index (χ3v) is 2.36. The zero-order valence-electron chi connectivity index (χ0n) is 9.30. The Bertz CT molecular complexity index is 321. The van der Waals surface area contributed by atoms with Crippen LogP contribution in [-0.4, -0.2) is 0 Å². The van der Waals surface area contributed by atoms with Gasteiger partial charge in [0.25, 0.3) is 0 Å². The molecule has 0 N–H and O–H groups in total. The first-order valence-electron chi connectivity index (χ1n) is 5.26. The highest BCUT2D eigenvalue weighted by Gasteiger charge is 1.99. The lowest BCUT2D eigenvalue weighted by Crippen LogP contribution is -1.96. The summed E-state index contributed by atoms with van der Waals surface area (Å²) in [6.07, 6.45) is 2.18. The fourth-order valence-electron chi connectivity index (χ4n) is 1.56. The summed E-state index contributed by atoms with van der Waals surface area (Å²) in [6.45, 7) is 6.25. The van der Waals surface area contributed by atoms with Crippen LogP contribution in [0.3, 0.4) is 0 Å². The Labute approximate surface area is 87.4 Å². The molecule has 0 heteroatoms. The van der Waals surface area contributed by atoms with Gasteiger partial charge in [0.05, 0.1) is 0 Å². The molecule has 1 aromatic rings. The SMILES string of the molecule is CC#CC(C)Cc1ccc(CC)cc1. The van der Waals surface area contributed by atoms with Gasteiger partial charge in [-0.3, -0.25) is 0 Å². The lowest BCUT2D eigenvalue weighted by Gasteiger charge is -2.04. The molecule has 0 saturated heterocycles. The molecule has 0 radical (unpaired) electrons. The molecule has 0 aliphatic heterocycles. The number of benzene rings is 1. The summed E-state index contributed by atoms with van der Waals surface area (Å²) in [6, 6.07) is 8.85. The topological polar surface area (TPSA) is 0 Å². The van der Waals surface area contributed by atoms with Crippen LogP contribution in [0.1, 0.15) is 31.9 Å². The second-order valence-corrected chi connectivity index (χ2v) is 3.67. The zero-order valence-corrected chi connectivity index (χ0v) is 9.30. The van der Waals surface area contributed by atoms with Gasteiger partial charge in [0.1, 0.15) is 0 Å². The Morgan fingerprint density at radius 1 is 1.14 bits per heavy atom. The van der Waals surface area contributed by atoms with E-state index in [1.807, 2.05) is 6.92 Å². The summed E-state index contributed by atoms with van der Waals surface area (Å²) in [4.78, 5) is 0. The normalized spacial score (nSPS) is 11.6. The minimum Gasteiger partial charge on any atom is -0.106 e. The molecule has 74 valence electrons. The highest BCUT2D eigenvalue weighted by Crippen LogP contribution is 2.10. The van der Waals surface area contributed by atoms with E-state index in [0.29, 0.717) is 5.92 Å². The van der Waals surface area contributed by atoms with E-state index in [2.05, 4.69) is 50.0 Å². The molecule has 0 aromatic heterocycles. The number of rotatable bonds is 3. The molecular weight excluding hydrogens is 168 g/mol. The first kappa shape index (κ1) is 10.9. The van der Waals surface area contributed by atoms with Crippen molar-refractivity contribution in [1.29, 1.82) is 0 Å². The fourth-order valence-corrected chi connectivity index (χ4v) is 1.56. The molecule has 14 heavy (non-hydrogen) atoms. The van der Waals surface area contributed by atoms with Gasteiger partial charge in [-0.25, -0.2) is 0 Å². The number of hydrogen-bond acceptors (Lipinski definition) is 0. The van der Waals surface area contributed by atoms with Crippen LogP contribution in [0.5, 0.6) is 0 Å². The Morgan fingerprint density at radius 2 is 1.71 bits per heavy atom. The van der Waals surface area contributed by atoms with Gasteiger partial charge >= 0.3 is 0 Å². The maximum atomic E-state index is 3.17. The minimum atomic E-state index is 0.465. The molecule has 0 nitrogen and oxygen atoms in total. The second-order valence-electron chi connectivity index (χ2n) is 3.67. The lowest BCUT2D eigenvalue weighted by molar-refractivity contribution is 0.749. The fraction of sp³-hybridized carbons (Fsp3) is 0.429. The van der Waals surface area contributed by atoms with Gasteiger partial charge in [0.15, 0.2) is 0 Å². The molecular formula is C14H18. The summed E-state index contributed by atoms with van der Waals surface area (Å²) in [5.41, 5.74) is 2.79. The lowest BCUT2D eigenvalue weighted by atomic mass is 10.0. The van der Waals surface area contributed by atoms with Crippen LogP contribution in [0.15, 0.2) is 24.3 Å². The first-order valence-corrected chi connectivity index (χ1v) is 5.26. The van der Waals surface area contributed by atoms with E-state index in [4.69, 9.17) is 0 Å². The van der Waals surface area contributed by atoms with Crippen molar-refractivity contribution in [2.75, 3.05) is 0 Å². The summed E-state index contributed by atoms with van der Waals surface area (Å²) in [5, 5.41) is 0. The van der Waals surface area contributed by atoms with Crippen LogP contribution < -0.4 is 0 Å². The molecule has 0 amide bonds. The summed E-state index contributed by atoms with van der Waals surface area (Å²) < 4.78 is 0. The van der Waals surface area contributed by atoms with Crippen molar-refractivity contribution >= 4 is 0 Å². The third-order valence-electron chi connectivity index (χ3n) is 2.36. The van der Waals surface area contributed by atoms with E-state index >= 15 is 0 Å². The summed E-state index contributed by atoms with van der Waals surface area (Å²) >= 11 is 0. The average Bonchev–Trinajstić information content (AvgIpc) is 2.19. The van der Waals surface area contributed by atoms with Crippen LogP contribution in [0.25, 0.3) is 0 Å². The van der Waals surface area contributed by atoms with Crippen molar-refractivity contribution in [1.82, 2.24) is 0 Å². The van der Waals surface area contributed by atoms with E-state index in [1.54, 1.807) is 0 Å². The molecule has 0 spiro atoms. The van der Waals surface area contributed by atoms with Crippen molar-refractivity contribution < 1.29 is 0 Å².